The Morgan fingerprint density at radius 3 is 2.62 bits per heavy atom. The third-order valence-corrected chi connectivity index (χ3v) is 5.01. The molecular weight excluding hydrogens is 268 g/mol. The van der Waals surface area contributed by atoms with Crippen LogP contribution >= 0.6 is 0 Å². The van der Waals surface area contributed by atoms with E-state index in [-0.39, 0.29) is 17.7 Å². The number of nitrogens with one attached hydrogen (secondary N) is 1. The van der Waals surface area contributed by atoms with Gasteiger partial charge in [-0.2, -0.15) is 0 Å². The number of carbonyl (C=O) groups excluding carboxylic acids is 1. The lowest BCUT2D eigenvalue weighted by Crippen LogP contribution is -2.39. The van der Waals surface area contributed by atoms with Crippen molar-refractivity contribution in [3.63, 3.8) is 0 Å². The van der Waals surface area contributed by atoms with Gasteiger partial charge in [0, 0.05) is 25.0 Å². The van der Waals surface area contributed by atoms with Crippen molar-refractivity contribution in [1.29, 1.82) is 0 Å². The lowest BCUT2D eigenvalue weighted by Gasteiger charge is -2.33. The molecule has 0 bridgehead atoms. The zero-order valence-electron chi connectivity index (χ0n) is 13.0. The van der Waals surface area contributed by atoms with E-state index in [1.807, 2.05) is 0 Å². The molecule has 1 aliphatic heterocycles. The van der Waals surface area contributed by atoms with E-state index in [9.17, 15) is 9.59 Å². The Bertz CT molecular complexity index is 373. The van der Waals surface area contributed by atoms with E-state index in [4.69, 9.17) is 5.11 Å². The molecule has 1 amide bonds. The molecule has 0 aromatic rings. The summed E-state index contributed by atoms with van der Waals surface area (Å²) in [7, 11) is 0. The topological polar surface area (TPSA) is 69.6 Å². The van der Waals surface area contributed by atoms with Crippen LogP contribution < -0.4 is 5.32 Å². The van der Waals surface area contributed by atoms with Gasteiger partial charge in [-0.3, -0.25) is 9.59 Å². The fourth-order valence-electron chi connectivity index (χ4n) is 3.57. The zero-order chi connectivity index (χ0) is 15.2. The molecule has 2 aliphatic rings. The molecule has 120 valence electrons. The standard InChI is InChI=1S/C16H28N2O3/c1-12-5-2-3-9-18(12)10-4-8-17-15(19)13-6-7-14(11-13)16(20)21/h12-14H,2-11H2,1H3,(H,17,19)(H,20,21). The number of likely N-dealkylation sites (tertiary alicyclic amines) is 1. The van der Waals surface area contributed by atoms with Gasteiger partial charge in [0.2, 0.25) is 5.91 Å². The Labute approximate surface area is 127 Å². The Kier molecular flexibility index (Phi) is 6.03. The molecule has 0 aromatic heterocycles. The summed E-state index contributed by atoms with van der Waals surface area (Å²) in [6.07, 6.45) is 6.74. The maximum Gasteiger partial charge on any atom is 0.306 e. The van der Waals surface area contributed by atoms with Crippen LogP contribution in [-0.4, -0.2) is 47.6 Å². The minimum absolute atomic E-state index is 0.0467. The molecule has 3 atom stereocenters. The van der Waals surface area contributed by atoms with Crippen LogP contribution in [0.2, 0.25) is 0 Å². The van der Waals surface area contributed by atoms with E-state index in [2.05, 4.69) is 17.1 Å². The van der Waals surface area contributed by atoms with Gasteiger partial charge in [0.1, 0.15) is 0 Å². The third-order valence-electron chi connectivity index (χ3n) is 5.01. The second-order valence-electron chi connectivity index (χ2n) is 6.57. The van der Waals surface area contributed by atoms with Gasteiger partial charge in [-0.05, 0) is 52.0 Å². The van der Waals surface area contributed by atoms with Crippen molar-refractivity contribution in [2.24, 2.45) is 11.8 Å². The van der Waals surface area contributed by atoms with Crippen molar-refractivity contribution >= 4 is 11.9 Å². The molecule has 21 heavy (non-hydrogen) atoms. The highest BCUT2D eigenvalue weighted by molar-refractivity contribution is 5.80. The maximum atomic E-state index is 12.0. The van der Waals surface area contributed by atoms with Crippen molar-refractivity contribution in [2.45, 2.75) is 57.9 Å². The van der Waals surface area contributed by atoms with Crippen LogP contribution in [0.3, 0.4) is 0 Å². The molecule has 1 aliphatic carbocycles. The molecule has 1 heterocycles. The second kappa shape index (κ2) is 7.78. The molecule has 2 fully saturated rings. The number of nitrogens with zero attached hydrogens (tertiary/aromatic N) is 1. The molecular formula is C16H28N2O3. The van der Waals surface area contributed by atoms with E-state index >= 15 is 0 Å². The number of carbonyl (C=O) groups is 2. The molecule has 0 radical (unpaired) electrons. The number of carboxylic acid groups (broad SMARTS) is 1. The molecule has 5 heteroatoms. The molecule has 3 unspecified atom stereocenters. The number of rotatable bonds is 6. The Morgan fingerprint density at radius 1 is 1.19 bits per heavy atom. The van der Waals surface area contributed by atoms with Crippen LogP contribution in [0.25, 0.3) is 0 Å². The van der Waals surface area contributed by atoms with Gasteiger partial charge in [-0.25, -0.2) is 0 Å². The molecule has 5 nitrogen and oxygen atoms in total. The smallest absolute Gasteiger partial charge is 0.306 e. The highest BCUT2D eigenvalue weighted by atomic mass is 16.4. The van der Waals surface area contributed by atoms with Crippen molar-refractivity contribution in [3.8, 4) is 0 Å². The van der Waals surface area contributed by atoms with Crippen LogP contribution in [0.1, 0.15) is 51.9 Å². The van der Waals surface area contributed by atoms with Gasteiger partial charge < -0.3 is 15.3 Å². The van der Waals surface area contributed by atoms with Crippen LogP contribution in [0.4, 0.5) is 0 Å². The van der Waals surface area contributed by atoms with Gasteiger partial charge in [0.05, 0.1) is 5.92 Å². The summed E-state index contributed by atoms with van der Waals surface area (Å²) in [6.45, 7) is 5.21. The molecule has 0 aromatic carbocycles. The first-order valence-electron chi connectivity index (χ1n) is 8.32. The third kappa shape index (κ3) is 4.70. The van der Waals surface area contributed by atoms with E-state index in [0.717, 1.165) is 13.0 Å². The average Bonchev–Trinajstić information content (AvgIpc) is 2.95. The molecule has 2 N–H and O–H groups in total. The number of aliphatic carboxylic acids is 1. The second-order valence-corrected chi connectivity index (χ2v) is 6.57. The lowest BCUT2D eigenvalue weighted by molar-refractivity contribution is -0.141. The van der Waals surface area contributed by atoms with Crippen LogP contribution in [0.15, 0.2) is 0 Å². The summed E-state index contributed by atoms with van der Waals surface area (Å²) < 4.78 is 0. The molecule has 1 saturated carbocycles. The van der Waals surface area contributed by atoms with E-state index in [1.54, 1.807) is 0 Å². The van der Waals surface area contributed by atoms with Crippen molar-refractivity contribution in [2.75, 3.05) is 19.6 Å². The minimum atomic E-state index is -0.760. The van der Waals surface area contributed by atoms with Crippen LogP contribution in [0.5, 0.6) is 0 Å². The Hall–Kier alpha value is -1.10. The quantitative estimate of drug-likeness (QED) is 0.734. The maximum absolute atomic E-state index is 12.0. The summed E-state index contributed by atoms with van der Waals surface area (Å²) >= 11 is 0. The number of carboxylic acids is 1. The molecule has 0 spiro atoms. The van der Waals surface area contributed by atoms with Crippen LogP contribution in [-0.2, 0) is 9.59 Å². The highest BCUT2D eigenvalue weighted by Crippen LogP contribution is 2.31. The van der Waals surface area contributed by atoms with E-state index in [0.29, 0.717) is 31.8 Å². The monoisotopic (exact) mass is 296 g/mol. The predicted octanol–water partition coefficient (Wildman–Crippen LogP) is 1.87. The van der Waals surface area contributed by atoms with Crippen molar-refractivity contribution in [3.05, 3.63) is 0 Å². The summed E-state index contributed by atoms with van der Waals surface area (Å²) in [5.74, 6) is -1.13. The van der Waals surface area contributed by atoms with E-state index < -0.39 is 5.97 Å². The largest absolute Gasteiger partial charge is 0.481 e. The number of hydrogen-bond acceptors (Lipinski definition) is 3. The molecule has 1 saturated heterocycles. The van der Waals surface area contributed by atoms with Crippen molar-refractivity contribution < 1.29 is 14.7 Å². The number of amides is 1. The summed E-state index contributed by atoms with van der Waals surface area (Å²) in [6, 6.07) is 0.667. The first kappa shape index (κ1) is 16.3. The summed E-state index contributed by atoms with van der Waals surface area (Å²) in [5, 5.41) is 11.9. The van der Waals surface area contributed by atoms with Gasteiger partial charge >= 0.3 is 5.97 Å². The average molecular weight is 296 g/mol. The first-order chi connectivity index (χ1) is 10.1. The SMILES string of the molecule is CC1CCCCN1CCCNC(=O)C1CCC(C(=O)O)C1. The summed E-state index contributed by atoms with van der Waals surface area (Å²) in [4.78, 5) is 25.4. The summed E-state index contributed by atoms with van der Waals surface area (Å²) in [5.41, 5.74) is 0. The Balaban J connectivity index is 1.60. The highest BCUT2D eigenvalue weighted by Gasteiger charge is 2.33. The Morgan fingerprint density at radius 2 is 1.95 bits per heavy atom. The van der Waals surface area contributed by atoms with Gasteiger partial charge in [-0.1, -0.05) is 6.42 Å². The van der Waals surface area contributed by atoms with Gasteiger partial charge in [-0.15, -0.1) is 0 Å². The minimum Gasteiger partial charge on any atom is -0.481 e. The van der Waals surface area contributed by atoms with E-state index in [1.165, 1.54) is 25.8 Å². The number of piperidine rings is 1. The first-order valence-corrected chi connectivity index (χ1v) is 8.32. The van der Waals surface area contributed by atoms with Crippen LogP contribution in [0, 0.1) is 11.8 Å². The fraction of sp³-hybridized carbons (Fsp3) is 0.875. The normalized spacial score (nSPS) is 30.2. The predicted molar refractivity (Wildman–Crippen MR) is 81.0 cm³/mol. The van der Waals surface area contributed by atoms with Gasteiger partial charge in [0.15, 0.2) is 0 Å². The lowest BCUT2D eigenvalue weighted by atomic mass is 10.0. The van der Waals surface area contributed by atoms with Crippen molar-refractivity contribution in [1.82, 2.24) is 10.2 Å². The van der Waals surface area contributed by atoms with Gasteiger partial charge in [0.25, 0.3) is 0 Å². The fourth-order valence-corrected chi connectivity index (χ4v) is 3.57. The molecule has 2 rings (SSSR count). The number of hydrogen-bond donors (Lipinski definition) is 2. The zero-order valence-corrected chi connectivity index (χ0v) is 13.0.